The molecule has 0 aliphatic rings. The van der Waals surface area contributed by atoms with Crippen LogP contribution in [0.25, 0.3) is 0 Å². The Kier molecular flexibility index (Phi) is 5.08. The van der Waals surface area contributed by atoms with Crippen LogP contribution in [0.3, 0.4) is 0 Å². The smallest absolute Gasteiger partial charge is 0.332 e. The fourth-order valence-corrected chi connectivity index (χ4v) is 2.60. The van der Waals surface area contributed by atoms with Gasteiger partial charge in [0.1, 0.15) is 12.4 Å². The standard InChI is InChI=1S/C13H8Cl2FNO5S/c14-11-3-2-10(23(16,20)21)5-8(11)7-22-13-4-1-9(17(18)19)6-12(13)15/h1-6H,7H2. The largest absolute Gasteiger partial charge is 0.487 e. The van der Waals surface area contributed by atoms with Crippen LogP contribution in [0.4, 0.5) is 9.57 Å². The van der Waals surface area contributed by atoms with Crippen molar-refractivity contribution in [2.75, 3.05) is 0 Å². The lowest BCUT2D eigenvalue weighted by Crippen LogP contribution is -2.00. The molecule has 0 saturated heterocycles. The van der Waals surface area contributed by atoms with Crippen LogP contribution < -0.4 is 4.74 Å². The first kappa shape index (κ1) is 17.5. The molecule has 0 radical (unpaired) electrons. The monoisotopic (exact) mass is 379 g/mol. The van der Waals surface area contributed by atoms with Gasteiger partial charge in [-0.2, -0.15) is 8.42 Å². The maximum atomic E-state index is 13.0. The van der Waals surface area contributed by atoms with Gasteiger partial charge in [-0.1, -0.05) is 23.2 Å². The van der Waals surface area contributed by atoms with Crippen molar-refractivity contribution >= 4 is 39.1 Å². The van der Waals surface area contributed by atoms with E-state index in [1.807, 2.05) is 0 Å². The molecule has 10 heteroatoms. The third-order valence-electron chi connectivity index (χ3n) is 2.81. The molecule has 2 aromatic rings. The van der Waals surface area contributed by atoms with Crippen LogP contribution in [0.15, 0.2) is 41.3 Å². The Balaban J connectivity index is 2.23. The van der Waals surface area contributed by atoms with E-state index in [1.54, 1.807) is 0 Å². The number of hydrogen-bond donors (Lipinski definition) is 0. The Morgan fingerprint density at radius 3 is 2.39 bits per heavy atom. The molecule has 0 N–H and O–H groups in total. The van der Waals surface area contributed by atoms with E-state index >= 15 is 0 Å². The Morgan fingerprint density at radius 1 is 1.13 bits per heavy atom. The van der Waals surface area contributed by atoms with Gasteiger partial charge in [0.2, 0.25) is 0 Å². The number of hydrogen-bond acceptors (Lipinski definition) is 5. The van der Waals surface area contributed by atoms with Crippen LogP contribution in [-0.4, -0.2) is 13.3 Å². The third-order valence-corrected chi connectivity index (χ3v) is 4.29. The van der Waals surface area contributed by atoms with Gasteiger partial charge in [-0.25, -0.2) is 0 Å². The number of ether oxygens (including phenoxy) is 1. The van der Waals surface area contributed by atoms with Crippen molar-refractivity contribution in [1.29, 1.82) is 0 Å². The minimum Gasteiger partial charge on any atom is -0.487 e. The summed E-state index contributed by atoms with van der Waals surface area (Å²) in [6.45, 7) is -0.195. The predicted octanol–water partition coefficient (Wildman–Crippen LogP) is 4.14. The molecule has 23 heavy (non-hydrogen) atoms. The van der Waals surface area contributed by atoms with Gasteiger partial charge in [0.05, 0.1) is 14.8 Å². The van der Waals surface area contributed by atoms with Gasteiger partial charge < -0.3 is 4.74 Å². The molecule has 0 heterocycles. The number of nitro groups is 1. The van der Waals surface area contributed by atoms with E-state index in [0.717, 1.165) is 18.2 Å². The summed E-state index contributed by atoms with van der Waals surface area (Å²) in [7, 11) is -4.86. The molecular weight excluding hydrogens is 372 g/mol. The quantitative estimate of drug-likeness (QED) is 0.442. The van der Waals surface area contributed by atoms with E-state index in [-0.39, 0.29) is 33.7 Å². The lowest BCUT2D eigenvalue weighted by atomic mass is 10.2. The minimum atomic E-state index is -4.86. The summed E-state index contributed by atoms with van der Waals surface area (Å²) in [5.74, 6) is 0.141. The lowest BCUT2D eigenvalue weighted by molar-refractivity contribution is -0.384. The highest BCUT2D eigenvalue weighted by Crippen LogP contribution is 2.30. The summed E-state index contributed by atoms with van der Waals surface area (Å²) in [6.07, 6.45) is 0. The SMILES string of the molecule is O=[N+]([O-])c1ccc(OCc2cc(S(=O)(=O)F)ccc2Cl)c(Cl)c1. The van der Waals surface area contributed by atoms with Crippen molar-refractivity contribution in [3.8, 4) is 5.75 Å². The van der Waals surface area contributed by atoms with Crippen LogP contribution in [-0.2, 0) is 16.8 Å². The third kappa shape index (κ3) is 4.31. The van der Waals surface area contributed by atoms with Crippen molar-refractivity contribution < 1.29 is 22.0 Å². The zero-order valence-corrected chi connectivity index (χ0v) is 13.5. The number of nitro benzene ring substituents is 1. The normalized spacial score (nSPS) is 11.3. The first-order chi connectivity index (χ1) is 10.7. The zero-order valence-electron chi connectivity index (χ0n) is 11.2. The van der Waals surface area contributed by atoms with Crippen LogP contribution >= 0.6 is 23.2 Å². The van der Waals surface area contributed by atoms with E-state index < -0.39 is 20.0 Å². The Bertz CT molecular complexity index is 873. The first-order valence-corrected chi connectivity index (χ1v) is 8.12. The fraction of sp³-hybridized carbons (Fsp3) is 0.0769. The van der Waals surface area contributed by atoms with E-state index in [0.29, 0.717) is 0 Å². The van der Waals surface area contributed by atoms with Gasteiger partial charge >= 0.3 is 10.2 Å². The molecule has 0 atom stereocenters. The summed E-state index contributed by atoms with van der Waals surface area (Å²) in [6, 6.07) is 6.90. The second-order valence-corrected chi connectivity index (χ2v) is 6.51. The van der Waals surface area contributed by atoms with E-state index in [4.69, 9.17) is 27.9 Å². The van der Waals surface area contributed by atoms with Crippen molar-refractivity contribution in [1.82, 2.24) is 0 Å². The summed E-state index contributed by atoms with van der Waals surface area (Å²) >= 11 is 11.8. The van der Waals surface area contributed by atoms with Crippen LogP contribution in [0.1, 0.15) is 5.56 Å². The molecule has 0 bridgehead atoms. The first-order valence-electron chi connectivity index (χ1n) is 5.98. The van der Waals surface area contributed by atoms with E-state index in [9.17, 15) is 22.4 Å². The maximum Gasteiger partial charge on any atom is 0.332 e. The number of rotatable bonds is 5. The molecular formula is C13H8Cl2FNO5S. The van der Waals surface area contributed by atoms with Crippen molar-refractivity contribution in [3.05, 3.63) is 62.1 Å². The van der Waals surface area contributed by atoms with Crippen molar-refractivity contribution in [2.45, 2.75) is 11.5 Å². The van der Waals surface area contributed by atoms with Gasteiger partial charge in [0.25, 0.3) is 5.69 Å². The molecule has 0 aliphatic carbocycles. The number of nitrogens with zero attached hydrogens (tertiary/aromatic N) is 1. The molecule has 2 aromatic carbocycles. The molecule has 122 valence electrons. The zero-order chi connectivity index (χ0) is 17.2. The molecule has 0 spiro atoms. The van der Waals surface area contributed by atoms with Gasteiger partial charge in [0.15, 0.2) is 0 Å². The number of non-ortho nitro benzene ring substituents is 1. The fourth-order valence-electron chi connectivity index (χ4n) is 1.69. The van der Waals surface area contributed by atoms with Crippen LogP contribution in [0.5, 0.6) is 5.75 Å². The predicted molar refractivity (Wildman–Crippen MR) is 82.2 cm³/mol. The number of benzene rings is 2. The average Bonchev–Trinajstić information content (AvgIpc) is 2.46. The molecule has 2 rings (SSSR count). The summed E-state index contributed by atoms with van der Waals surface area (Å²) in [5, 5.41) is 10.8. The molecule has 0 amide bonds. The summed E-state index contributed by atoms with van der Waals surface area (Å²) in [4.78, 5) is 9.46. The maximum absolute atomic E-state index is 13.0. The highest BCUT2D eigenvalue weighted by atomic mass is 35.5. The Labute approximate surface area is 140 Å². The van der Waals surface area contributed by atoms with E-state index in [1.165, 1.54) is 18.2 Å². The highest BCUT2D eigenvalue weighted by Gasteiger charge is 2.15. The highest BCUT2D eigenvalue weighted by molar-refractivity contribution is 7.86. The molecule has 0 aliphatic heterocycles. The Morgan fingerprint density at radius 2 is 1.83 bits per heavy atom. The minimum absolute atomic E-state index is 0.00425. The molecule has 0 unspecified atom stereocenters. The average molecular weight is 380 g/mol. The molecule has 0 saturated carbocycles. The summed E-state index contributed by atoms with van der Waals surface area (Å²) in [5.41, 5.74) is 0.0192. The van der Waals surface area contributed by atoms with Crippen molar-refractivity contribution in [2.24, 2.45) is 0 Å². The van der Waals surface area contributed by atoms with Gasteiger partial charge in [-0.15, -0.1) is 3.89 Å². The van der Waals surface area contributed by atoms with Gasteiger partial charge in [0, 0.05) is 22.7 Å². The van der Waals surface area contributed by atoms with Crippen molar-refractivity contribution in [3.63, 3.8) is 0 Å². The lowest BCUT2D eigenvalue weighted by Gasteiger charge is -2.10. The van der Waals surface area contributed by atoms with Crippen LogP contribution in [0.2, 0.25) is 10.0 Å². The topological polar surface area (TPSA) is 86.5 Å². The summed E-state index contributed by atoms with van der Waals surface area (Å²) < 4.78 is 40.1. The number of halogens is 3. The second-order valence-electron chi connectivity index (χ2n) is 4.35. The van der Waals surface area contributed by atoms with Gasteiger partial charge in [-0.05, 0) is 24.3 Å². The van der Waals surface area contributed by atoms with Gasteiger partial charge in [-0.3, -0.25) is 10.1 Å². The molecule has 6 nitrogen and oxygen atoms in total. The molecule has 0 fully saturated rings. The second kappa shape index (κ2) is 6.69. The molecule has 0 aromatic heterocycles. The Hall–Kier alpha value is -1.90. The van der Waals surface area contributed by atoms with Crippen LogP contribution in [0, 0.1) is 10.1 Å². The van der Waals surface area contributed by atoms with E-state index in [2.05, 4.69) is 0 Å².